The zero-order valence-electron chi connectivity index (χ0n) is 16.1. The molecule has 0 aliphatic carbocycles. The molecule has 0 saturated carbocycles. The van der Waals surface area contributed by atoms with Crippen molar-refractivity contribution in [3.05, 3.63) is 93.7 Å². The van der Waals surface area contributed by atoms with Crippen LogP contribution in [0.15, 0.2) is 66.9 Å². The van der Waals surface area contributed by atoms with Gasteiger partial charge in [-0.1, -0.05) is 61.3 Å². The fourth-order valence-corrected chi connectivity index (χ4v) is 3.60. The molecule has 0 bridgehead atoms. The average molecular weight is 415 g/mol. The van der Waals surface area contributed by atoms with Gasteiger partial charge in [-0.15, -0.1) is 0 Å². The molecule has 3 aromatic rings. The van der Waals surface area contributed by atoms with Crippen molar-refractivity contribution in [2.75, 3.05) is 6.54 Å². The van der Waals surface area contributed by atoms with Crippen molar-refractivity contribution in [3.63, 3.8) is 0 Å². The Balaban J connectivity index is 1.83. The molecule has 0 aliphatic rings. The lowest BCUT2D eigenvalue weighted by atomic mass is 10.1. The third-order valence-corrected chi connectivity index (χ3v) is 5.12. The van der Waals surface area contributed by atoms with E-state index in [2.05, 4.69) is 24.5 Å². The van der Waals surface area contributed by atoms with Crippen molar-refractivity contribution in [1.82, 2.24) is 9.47 Å². The lowest BCUT2D eigenvalue weighted by molar-refractivity contribution is 0.0718. The molecule has 0 unspecified atom stereocenters. The molecule has 0 fully saturated rings. The Morgan fingerprint density at radius 2 is 1.82 bits per heavy atom. The second-order valence-electron chi connectivity index (χ2n) is 7.31. The molecule has 0 spiro atoms. The van der Waals surface area contributed by atoms with Gasteiger partial charge in [-0.25, -0.2) is 0 Å². The van der Waals surface area contributed by atoms with Crippen molar-refractivity contribution in [2.24, 2.45) is 5.92 Å². The van der Waals surface area contributed by atoms with E-state index in [0.717, 1.165) is 16.3 Å². The first kappa shape index (κ1) is 20.5. The lowest BCUT2D eigenvalue weighted by Gasteiger charge is -2.25. The summed E-state index contributed by atoms with van der Waals surface area (Å²) in [6, 6.07) is 19.0. The van der Waals surface area contributed by atoms with Crippen LogP contribution in [-0.4, -0.2) is 21.9 Å². The molecule has 3 nitrogen and oxygen atoms in total. The first-order chi connectivity index (χ1) is 13.4. The highest BCUT2D eigenvalue weighted by Gasteiger charge is 2.19. The highest BCUT2D eigenvalue weighted by atomic mass is 35.5. The minimum absolute atomic E-state index is 0.0123. The Bertz CT molecular complexity index is 949. The highest BCUT2D eigenvalue weighted by Crippen LogP contribution is 2.20. The fraction of sp³-hybridized carbons (Fsp3) is 0.261. The molecule has 146 valence electrons. The third-order valence-electron chi connectivity index (χ3n) is 4.52. The number of carbonyl (C=O) groups is 1. The number of carbonyl (C=O) groups excluding carboxylic acids is 1. The van der Waals surface area contributed by atoms with Gasteiger partial charge in [-0.2, -0.15) is 0 Å². The van der Waals surface area contributed by atoms with Crippen molar-refractivity contribution >= 4 is 29.1 Å². The molecule has 1 amide bonds. The quantitative estimate of drug-likeness (QED) is 0.455. The Labute approximate surface area is 176 Å². The molecule has 1 aromatic heterocycles. The minimum Gasteiger partial charge on any atom is -0.345 e. The van der Waals surface area contributed by atoms with Crippen molar-refractivity contribution in [3.8, 4) is 0 Å². The normalized spacial score (nSPS) is 11.0. The maximum atomic E-state index is 13.1. The summed E-state index contributed by atoms with van der Waals surface area (Å²) in [6.07, 6.45) is 2.02. The van der Waals surface area contributed by atoms with Crippen LogP contribution in [0.4, 0.5) is 0 Å². The Kier molecular flexibility index (Phi) is 6.82. The molecule has 2 aromatic carbocycles. The van der Waals surface area contributed by atoms with E-state index in [0.29, 0.717) is 36.1 Å². The molecule has 3 rings (SSSR count). The molecule has 5 heteroatoms. The topological polar surface area (TPSA) is 25.2 Å². The van der Waals surface area contributed by atoms with Gasteiger partial charge in [0.15, 0.2) is 0 Å². The minimum atomic E-state index is -0.0123. The molecule has 28 heavy (non-hydrogen) atoms. The van der Waals surface area contributed by atoms with Crippen LogP contribution < -0.4 is 0 Å². The van der Waals surface area contributed by atoms with Crippen LogP contribution in [0.3, 0.4) is 0 Å². The Hall–Kier alpha value is -2.23. The van der Waals surface area contributed by atoms with Crippen LogP contribution in [0.1, 0.15) is 35.5 Å². The van der Waals surface area contributed by atoms with Gasteiger partial charge in [0.2, 0.25) is 0 Å². The summed E-state index contributed by atoms with van der Waals surface area (Å²) in [5, 5.41) is 1.31. The van der Waals surface area contributed by atoms with Crippen LogP contribution in [-0.2, 0) is 13.1 Å². The number of halogens is 2. The zero-order valence-corrected chi connectivity index (χ0v) is 17.6. The third kappa shape index (κ3) is 5.18. The maximum Gasteiger partial charge on any atom is 0.254 e. The van der Waals surface area contributed by atoms with E-state index in [-0.39, 0.29) is 5.91 Å². The summed E-state index contributed by atoms with van der Waals surface area (Å²) >= 11 is 12.4. The molecule has 0 atom stereocenters. The highest BCUT2D eigenvalue weighted by molar-refractivity contribution is 6.31. The summed E-state index contributed by atoms with van der Waals surface area (Å²) in [7, 11) is 0. The Morgan fingerprint density at radius 1 is 1.04 bits per heavy atom. The standard InChI is InChI=1S/C23H24Cl2N2O/c1-17(2)14-27(23(28)18-8-5-9-20(24)13-18)16-21-10-6-12-26(21)15-19-7-3-4-11-22(19)25/h3-13,17H,14-16H2,1-2H3. The first-order valence-corrected chi connectivity index (χ1v) is 10.1. The number of benzene rings is 2. The van der Waals surface area contributed by atoms with E-state index in [4.69, 9.17) is 23.2 Å². The average Bonchev–Trinajstić information content (AvgIpc) is 3.09. The SMILES string of the molecule is CC(C)CN(Cc1cccn1Cc1ccccc1Cl)C(=O)c1cccc(Cl)c1. The number of aromatic nitrogens is 1. The van der Waals surface area contributed by atoms with Gasteiger partial charge >= 0.3 is 0 Å². The van der Waals surface area contributed by atoms with Crippen LogP contribution in [0.2, 0.25) is 10.0 Å². The number of amides is 1. The van der Waals surface area contributed by atoms with E-state index in [1.54, 1.807) is 12.1 Å². The van der Waals surface area contributed by atoms with Gasteiger partial charge in [0.25, 0.3) is 5.91 Å². The van der Waals surface area contributed by atoms with E-state index in [1.807, 2.05) is 53.6 Å². The van der Waals surface area contributed by atoms with E-state index in [1.165, 1.54) is 0 Å². The lowest BCUT2D eigenvalue weighted by Crippen LogP contribution is -2.34. The van der Waals surface area contributed by atoms with Gasteiger partial charge in [-0.05, 0) is 47.9 Å². The van der Waals surface area contributed by atoms with Crippen molar-refractivity contribution in [1.29, 1.82) is 0 Å². The van der Waals surface area contributed by atoms with Crippen LogP contribution in [0.5, 0.6) is 0 Å². The van der Waals surface area contributed by atoms with E-state index >= 15 is 0 Å². The van der Waals surface area contributed by atoms with Gasteiger partial charge in [0.05, 0.1) is 6.54 Å². The molecular weight excluding hydrogens is 391 g/mol. The summed E-state index contributed by atoms with van der Waals surface area (Å²) in [5.74, 6) is 0.344. The molecular formula is C23H24Cl2N2O. The van der Waals surface area contributed by atoms with Crippen LogP contribution in [0, 0.1) is 5.92 Å². The predicted molar refractivity (Wildman–Crippen MR) is 116 cm³/mol. The number of nitrogens with zero attached hydrogens (tertiary/aromatic N) is 2. The molecule has 0 aliphatic heterocycles. The van der Waals surface area contributed by atoms with Crippen molar-refractivity contribution < 1.29 is 4.79 Å². The van der Waals surface area contributed by atoms with Crippen molar-refractivity contribution in [2.45, 2.75) is 26.9 Å². The van der Waals surface area contributed by atoms with Gasteiger partial charge < -0.3 is 9.47 Å². The summed E-state index contributed by atoms with van der Waals surface area (Å²) in [5.41, 5.74) is 2.73. The molecule has 0 saturated heterocycles. The number of hydrogen-bond acceptors (Lipinski definition) is 1. The number of rotatable bonds is 7. The zero-order chi connectivity index (χ0) is 20.1. The second kappa shape index (κ2) is 9.31. The van der Waals surface area contributed by atoms with Gasteiger partial charge in [0, 0.05) is 40.6 Å². The largest absolute Gasteiger partial charge is 0.345 e. The summed E-state index contributed by atoms with van der Waals surface area (Å²) < 4.78 is 2.14. The molecule has 1 heterocycles. The van der Waals surface area contributed by atoms with E-state index < -0.39 is 0 Å². The fourth-order valence-electron chi connectivity index (χ4n) is 3.22. The molecule has 0 N–H and O–H groups in total. The summed E-state index contributed by atoms with van der Waals surface area (Å²) in [4.78, 5) is 15.0. The van der Waals surface area contributed by atoms with Gasteiger partial charge in [0.1, 0.15) is 0 Å². The second-order valence-corrected chi connectivity index (χ2v) is 8.15. The predicted octanol–water partition coefficient (Wildman–Crippen LogP) is 6.14. The number of hydrogen-bond donors (Lipinski definition) is 0. The summed E-state index contributed by atoms with van der Waals surface area (Å²) in [6.45, 7) is 6.09. The van der Waals surface area contributed by atoms with Crippen LogP contribution >= 0.6 is 23.2 Å². The first-order valence-electron chi connectivity index (χ1n) is 9.36. The van der Waals surface area contributed by atoms with E-state index in [9.17, 15) is 4.79 Å². The smallest absolute Gasteiger partial charge is 0.254 e. The maximum absolute atomic E-state index is 13.1. The Morgan fingerprint density at radius 3 is 2.54 bits per heavy atom. The molecule has 0 radical (unpaired) electrons. The van der Waals surface area contributed by atoms with Crippen LogP contribution in [0.25, 0.3) is 0 Å². The van der Waals surface area contributed by atoms with Gasteiger partial charge in [-0.3, -0.25) is 4.79 Å². The monoisotopic (exact) mass is 414 g/mol.